The van der Waals surface area contributed by atoms with E-state index in [-0.39, 0.29) is 12.1 Å². The lowest BCUT2D eigenvalue weighted by Gasteiger charge is -2.14. The number of hydrogen-bond acceptors (Lipinski definition) is 6. The van der Waals surface area contributed by atoms with E-state index in [4.69, 9.17) is 14.2 Å². The zero-order chi connectivity index (χ0) is 24.9. The van der Waals surface area contributed by atoms with Crippen LogP contribution in [0.1, 0.15) is 59.3 Å². The minimum absolute atomic E-state index is 0.175. The normalized spacial score (nSPS) is 11.6. The molecule has 0 bridgehead atoms. The Labute approximate surface area is 208 Å². The highest BCUT2D eigenvalue weighted by Gasteiger charge is 2.10. The maximum absolute atomic E-state index is 11.7. The Morgan fingerprint density at radius 1 is 0.771 bits per heavy atom. The minimum atomic E-state index is -0.295. The summed E-state index contributed by atoms with van der Waals surface area (Å²) in [4.78, 5) is 20.8. The zero-order valence-corrected chi connectivity index (χ0v) is 21.0. The van der Waals surface area contributed by atoms with Gasteiger partial charge in [-0.15, -0.1) is 0 Å². The molecule has 0 spiro atoms. The number of unbranched alkanes of at least 4 members (excludes halogenated alkanes) is 3. The van der Waals surface area contributed by atoms with Crippen LogP contribution in [0.5, 0.6) is 11.5 Å². The number of carbonyl (C=O) groups excluding carboxylic acids is 1. The van der Waals surface area contributed by atoms with E-state index in [0.29, 0.717) is 24.6 Å². The first-order valence-electron chi connectivity index (χ1n) is 12.6. The smallest absolute Gasteiger partial charge is 0.306 e. The van der Waals surface area contributed by atoms with Crippen LogP contribution in [0.3, 0.4) is 0 Å². The highest BCUT2D eigenvalue weighted by Crippen LogP contribution is 2.24. The third-order valence-corrected chi connectivity index (χ3v) is 5.52. The van der Waals surface area contributed by atoms with Crippen LogP contribution in [0.4, 0.5) is 0 Å². The van der Waals surface area contributed by atoms with Crippen molar-refractivity contribution in [3.05, 3.63) is 60.9 Å². The number of ether oxygens (including phenoxy) is 3. The molecule has 2 aromatic carbocycles. The van der Waals surface area contributed by atoms with E-state index in [1.54, 1.807) is 0 Å². The lowest BCUT2D eigenvalue weighted by atomic mass is 10.1. The Balaban J connectivity index is 1.50. The highest BCUT2D eigenvalue weighted by molar-refractivity contribution is 5.69. The molecule has 6 nitrogen and oxygen atoms in total. The summed E-state index contributed by atoms with van der Waals surface area (Å²) >= 11 is 0. The summed E-state index contributed by atoms with van der Waals surface area (Å²) in [6, 6.07) is 15.6. The van der Waals surface area contributed by atoms with Crippen molar-refractivity contribution in [3.63, 3.8) is 0 Å². The average molecular weight is 477 g/mol. The van der Waals surface area contributed by atoms with Crippen molar-refractivity contribution in [2.24, 2.45) is 0 Å². The van der Waals surface area contributed by atoms with Gasteiger partial charge in [-0.05, 0) is 61.7 Å². The van der Waals surface area contributed by atoms with Crippen molar-refractivity contribution in [1.29, 1.82) is 0 Å². The van der Waals surface area contributed by atoms with Crippen molar-refractivity contribution in [2.75, 3.05) is 13.2 Å². The molecule has 3 rings (SSSR count). The molecule has 0 saturated carbocycles. The van der Waals surface area contributed by atoms with E-state index < -0.39 is 0 Å². The molecule has 0 fully saturated rings. The summed E-state index contributed by atoms with van der Waals surface area (Å²) in [5.74, 6) is 2.06. The van der Waals surface area contributed by atoms with Crippen LogP contribution in [0.2, 0.25) is 0 Å². The molecular weight excluding hydrogens is 440 g/mol. The Morgan fingerprint density at radius 2 is 1.37 bits per heavy atom. The molecule has 0 amide bonds. The summed E-state index contributed by atoms with van der Waals surface area (Å²) in [7, 11) is 0. The highest BCUT2D eigenvalue weighted by atomic mass is 16.6. The van der Waals surface area contributed by atoms with Crippen molar-refractivity contribution in [1.82, 2.24) is 9.97 Å². The van der Waals surface area contributed by atoms with Gasteiger partial charge in [-0.25, -0.2) is 9.97 Å². The van der Waals surface area contributed by atoms with Crippen molar-refractivity contribution < 1.29 is 19.0 Å². The number of aromatic nitrogens is 2. The van der Waals surface area contributed by atoms with E-state index in [1.165, 1.54) is 12.8 Å². The molecule has 1 unspecified atom stereocenters. The molecule has 35 heavy (non-hydrogen) atoms. The van der Waals surface area contributed by atoms with Crippen LogP contribution in [-0.4, -0.2) is 35.3 Å². The summed E-state index contributed by atoms with van der Waals surface area (Å²) in [6.07, 6.45) is 9.09. The van der Waals surface area contributed by atoms with Crippen molar-refractivity contribution in [3.8, 4) is 34.0 Å². The van der Waals surface area contributed by atoms with Crippen LogP contribution in [-0.2, 0) is 9.53 Å². The van der Waals surface area contributed by atoms with Gasteiger partial charge in [0.05, 0.1) is 6.61 Å². The van der Waals surface area contributed by atoms with Gasteiger partial charge >= 0.3 is 5.97 Å². The first kappa shape index (κ1) is 26.2. The molecule has 1 atom stereocenters. The molecule has 1 aromatic heterocycles. The second-order valence-corrected chi connectivity index (χ2v) is 8.61. The first-order chi connectivity index (χ1) is 17.1. The molecule has 0 radical (unpaired) electrons. The van der Waals surface area contributed by atoms with Crippen molar-refractivity contribution in [2.45, 2.75) is 65.4 Å². The Kier molecular flexibility index (Phi) is 10.6. The minimum Gasteiger partial charge on any atom is -0.494 e. The van der Waals surface area contributed by atoms with E-state index in [2.05, 4.69) is 16.9 Å². The number of hydrogen-bond donors (Lipinski definition) is 0. The number of benzene rings is 2. The monoisotopic (exact) mass is 476 g/mol. The topological polar surface area (TPSA) is 70.5 Å². The third-order valence-electron chi connectivity index (χ3n) is 5.52. The van der Waals surface area contributed by atoms with E-state index in [0.717, 1.165) is 48.3 Å². The van der Waals surface area contributed by atoms with Crippen LogP contribution >= 0.6 is 0 Å². The van der Waals surface area contributed by atoms with Gasteiger partial charge in [-0.2, -0.15) is 0 Å². The summed E-state index contributed by atoms with van der Waals surface area (Å²) < 4.78 is 16.9. The fourth-order valence-electron chi connectivity index (χ4n) is 3.46. The fraction of sp³-hybridized carbons (Fsp3) is 0.414. The maximum Gasteiger partial charge on any atom is 0.306 e. The molecule has 0 saturated heterocycles. The zero-order valence-electron chi connectivity index (χ0n) is 21.0. The summed E-state index contributed by atoms with van der Waals surface area (Å²) in [5.41, 5.74) is 2.90. The molecule has 0 aliphatic heterocycles. The van der Waals surface area contributed by atoms with E-state index >= 15 is 0 Å². The van der Waals surface area contributed by atoms with Gasteiger partial charge in [0.15, 0.2) is 5.82 Å². The SMILES string of the molecule is CCCCCOc1ccc(-c2cnc(-c3ccc(OCC(C)OC(=O)CCCC)cc3)nc2)cc1. The van der Waals surface area contributed by atoms with Gasteiger partial charge in [0, 0.05) is 29.9 Å². The predicted molar refractivity (Wildman–Crippen MR) is 138 cm³/mol. The first-order valence-corrected chi connectivity index (χ1v) is 12.6. The lowest BCUT2D eigenvalue weighted by molar-refractivity contribution is -0.149. The molecule has 1 heterocycles. The van der Waals surface area contributed by atoms with Gasteiger partial charge in [0.1, 0.15) is 24.2 Å². The maximum atomic E-state index is 11.7. The summed E-state index contributed by atoms with van der Waals surface area (Å²) in [6.45, 7) is 7.13. The molecule has 0 aliphatic rings. The molecular formula is C29H36N2O4. The second-order valence-electron chi connectivity index (χ2n) is 8.61. The average Bonchev–Trinajstić information content (AvgIpc) is 2.89. The largest absolute Gasteiger partial charge is 0.494 e. The molecule has 3 aromatic rings. The van der Waals surface area contributed by atoms with Crippen molar-refractivity contribution >= 4 is 5.97 Å². The van der Waals surface area contributed by atoms with Crippen LogP contribution in [0, 0.1) is 0 Å². The number of carbonyl (C=O) groups is 1. The standard InChI is InChI=1S/C29H36N2O4/c1-4-6-8-18-33-26-14-10-23(11-15-26)25-19-30-29(31-20-25)24-12-16-27(17-13-24)34-21-22(3)35-28(32)9-7-5-2/h10-17,19-20,22H,4-9,18,21H2,1-3H3. The van der Waals surface area contributed by atoms with Crippen LogP contribution in [0.15, 0.2) is 60.9 Å². The lowest BCUT2D eigenvalue weighted by Crippen LogP contribution is -2.21. The van der Waals surface area contributed by atoms with Crippen LogP contribution < -0.4 is 9.47 Å². The molecule has 0 N–H and O–H groups in total. The van der Waals surface area contributed by atoms with Gasteiger partial charge < -0.3 is 14.2 Å². The Morgan fingerprint density at radius 3 is 2.00 bits per heavy atom. The van der Waals surface area contributed by atoms with Gasteiger partial charge in [0.2, 0.25) is 0 Å². The van der Waals surface area contributed by atoms with E-state index in [9.17, 15) is 4.79 Å². The molecule has 0 aliphatic carbocycles. The molecule has 6 heteroatoms. The predicted octanol–water partition coefficient (Wildman–Crippen LogP) is 6.88. The Hall–Kier alpha value is -3.41. The summed E-state index contributed by atoms with van der Waals surface area (Å²) in [5, 5.41) is 0. The number of nitrogens with zero attached hydrogens (tertiary/aromatic N) is 2. The fourth-order valence-corrected chi connectivity index (χ4v) is 3.46. The molecule has 186 valence electrons. The number of rotatable bonds is 14. The quantitative estimate of drug-likeness (QED) is 0.187. The van der Waals surface area contributed by atoms with Crippen LogP contribution in [0.25, 0.3) is 22.5 Å². The van der Waals surface area contributed by atoms with E-state index in [1.807, 2.05) is 74.8 Å². The second kappa shape index (κ2) is 14.1. The number of esters is 1. The Bertz CT molecular complexity index is 1020. The third kappa shape index (κ3) is 8.71. The van der Waals surface area contributed by atoms with Gasteiger partial charge in [0.25, 0.3) is 0 Å². The van der Waals surface area contributed by atoms with Gasteiger partial charge in [-0.1, -0.05) is 45.2 Å². The van der Waals surface area contributed by atoms with Gasteiger partial charge in [-0.3, -0.25) is 4.79 Å².